The number of pyridine rings is 1. The van der Waals surface area contributed by atoms with Crippen LogP contribution in [-0.2, 0) is 13.5 Å². The van der Waals surface area contributed by atoms with Crippen LogP contribution in [0.15, 0.2) is 39.9 Å². The Labute approximate surface area is 149 Å². The van der Waals surface area contributed by atoms with E-state index >= 15 is 0 Å². The van der Waals surface area contributed by atoms with E-state index in [2.05, 4.69) is 20.4 Å². The number of hydrogen-bond donors (Lipinski definition) is 1. The summed E-state index contributed by atoms with van der Waals surface area (Å²) in [5.74, 6) is 0.995. The van der Waals surface area contributed by atoms with E-state index in [1.54, 1.807) is 13.2 Å². The van der Waals surface area contributed by atoms with Crippen LogP contribution in [0.25, 0.3) is 11.3 Å². The van der Waals surface area contributed by atoms with Crippen molar-refractivity contribution >= 4 is 5.91 Å². The van der Waals surface area contributed by atoms with Crippen LogP contribution in [0, 0.1) is 13.8 Å². The third-order valence-corrected chi connectivity index (χ3v) is 3.88. The zero-order valence-electron chi connectivity index (χ0n) is 14.8. The minimum atomic E-state index is -0.247. The number of rotatable bonds is 5. The molecule has 3 aromatic heterocycles. The van der Waals surface area contributed by atoms with Gasteiger partial charge in [-0.3, -0.25) is 9.59 Å². The summed E-state index contributed by atoms with van der Waals surface area (Å²) in [5.41, 5.74) is 2.57. The normalized spacial score (nSPS) is 10.7. The van der Waals surface area contributed by atoms with Crippen molar-refractivity contribution in [2.75, 3.05) is 6.54 Å². The van der Waals surface area contributed by atoms with E-state index < -0.39 is 0 Å². The Kier molecular flexibility index (Phi) is 4.92. The predicted octanol–water partition coefficient (Wildman–Crippen LogP) is 1.42. The summed E-state index contributed by atoms with van der Waals surface area (Å²) in [6.45, 7) is 4.04. The molecule has 3 rings (SSSR count). The van der Waals surface area contributed by atoms with E-state index in [0.717, 1.165) is 17.0 Å². The summed E-state index contributed by atoms with van der Waals surface area (Å²) in [5, 5.41) is 6.73. The standard InChI is InChI=1S/C18H19N5O3/c1-11-8-16(26-22-11)14-9-20-12(2)21-15(14)6-7-19-18(25)13-4-5-17(24)23(3)10-13/h4-5,8-10H,6-7H2,1-3H3,(H,19,25). The summed E-state index contributed by atoms with van der Waals surface area (Å²) >= 11 is 0. The molecule has 0 unspecified atom stereocenters. The zero-order chi connectivity index (χ0) is 18.7. The molecule has 8 nitrogen and oxygen atoms in total. The molecule has 0 aromatic carbocycles. The average molecular weight is 353 g/mol. The van der Waals surface area contributed by atoms with Gasteiger partial charge in [0, 0.05) is 44.5 Å². The van der Waals surface area contributed by atoms with Gasteiger partial charge in [0.05, 0.1) is 22.5 Å². The van der Waals surface area contributed by atoms with Gasteiger partial charge in [-0.25, -0.2) is 9.97 Å². The number of hydrogen-bond acceptors (Lipinski definition) is 6. The Bertz CT molecular complexity index is 1010. The lowest BCUT2D eigenvalue weighted by molar-refractivity contribution is 0.0953. The van der Waals surface area contributed by atoms with Crippen LogP contribution in [-0.4, -0.2) is 32.1 Å². The lowest BCUT2D eigenvalue weighted by atomic mass is 10.1. The van der Waals surface area contributed by atoms with E-state index in [9.17, 15) is 9.59 Å². The monoisotopic (exact) mass is 353 g/mol. The molecule has 1 amide bonds. The van der Waals surface area contributed by atoms with Gasteiger partial charge in [-0.05, 0) is 19.9 Å². The highest BCUT2D eigenvalue weighted by atomic mass is 16.5. The number of nitrogens with zero attached hydrogens (tertiary/aromatic N) is 4. The molecule has 0 aliphatic heterocycles. The number of nitrogens with one attached hydrogen (secondary N) is 1. The quantitative estimate of drug-likeness (QED) is 0.744. The topological polar surface area (TPSA) is 103 Å². The average Bonchev–Trinajstić information content (AvgIpc) is 3.03. The van der Waals surface area contributed by atoms with E-state index in [0.29, 0.717) is 30.1 Å². The van der Waals surface area contributed by atoms with Gasteiger partial charge in [0.2, 0.25) is 5.56 Å². The fraction of sp³-hybridized carbons (Fsp3) is 0.278. The second-order valence-corrected chi connectivity index (χ2v) is 5.98. The molecule has 1 N–H and O–H groups in total. The second-order valence-electron chi connectivity index (χ2n) is 5.98. The highest BCUT2D eigenvalue weighted by Crippen LogP contribution is 2.22. The number of amides is 1. The third kappa shape index (κ3) is 3.85. The molecule has 0 saturated carbocycles. The van der Waals surface area contributed by atoms with E-state index in [1.807, 2.05) is 19.9 Å². The van der Waals surface area contributed by atoms with Crippen LogP contribution in [0.1, 0.15) is 27.6 Å². The van der Waals surface area contributed by atoms with Crippen LogP contribution in [0.4, 0.5) is 0 Å². The zero-order valence-corrected chi connectivity index (χ0v) is 14.8. The first-order chi connectivity index (χ1) is 12.4. The van der Waals surface area contributed by atoms with E-state index in [-0.39, 0.29) is 11.5 Å². The highest BCUT2D eigenvalue weighted by molar-refractivity contribution is 5.93. The Balaban J connectivity index is 1.71. The molecule has 0 fully saturated rings. The van der Waals surface area contributed by atoms with Crippen molar-refractivity contribution in [3.05, 3.63) is 63.7 Å². The summed E-state index contributed by atoms with van der Waals surface area (Å²) in [6.07, 6.45) is 3.72. The predicted molar refractivity (Wildman–Crippen MR) is 94.7 cm³/mol. The summed E-state index contributed by atoms with van der Waals surface area (Å²) < 4.78 is 6.67. The van der Waals surface area contributed by atoms with Crippen molar-refractivity contribution in [3.8, 4) is 11.3 Å². The molecule has 26 heavy (non-hydrogen) atoms. The molecule has 0 radical (unpaired) electrons. The van der Waals surface area contributed by atoms with E-state index in [4.69, 9.17) is 4.52 Å². The van der Waals surface area contributed by atoms with Crippen molar-refractivity contribution < 1.29 is 9.32 Å². The van der Waals surface area contributed by atoms with Crippen LogP contribution in [0.5, 0.6) is 0 Å². The van der Waals surface area contributed by atoms with Crippen molar-refractivity contribution in [3.63, 3.8) is 0 Å². The smallest absolute Gasteiger partial charge is 0.252 e. The maximum absolute atomic E-state index is 12.2. The molecule has 0 atom stereocenters. The molecule has 8 heteroatoms. The Morgan fingerprint density at radius 3 is 2.81 bits per heavy atom. The Morgan fingerprint density at radius 1 is 1.31 bits per heavy atom. The minimum absolute atomic E-state index is 0.162. The molecule has 3 heterocycles. The molecule has 0 saturated heterocycles. The van der Waals surface area contributed by atoms with Gasteiger partial charge in [-0.1, -0.05) is 5.16 Å². The van der Waals surface area contributed by atoms with Gasteiger partial charge in [0.1, 0.15) is 5.82 Å². The first kappa shape index (κ1) is 17.5. The van der Waals surface area contributed by atoms with Crippen LogP contribution in [0.3, 0.4) is 0 Å². The van der Waals surface area contributed by atoms with Crippen LogP contribution in [0.2, 0.25) is 0 Å². The summed E-state index contributed by atoms with van der Waals surface area (Å²) in [4.78, 5) is 32.3. The van der Waals surface area contributed by atoms with Crippen LogP contribution >= 0.6 is 0 Å². The lowest BCUT2D eigenvalue weighted by Gasteiger charge is -2.09. The molecule has 0 aliphatic rings. The van der Waals surface area contributed by atoms with Gasteiger partial charge >= 0.3 is 0 Å². The fourth-order valence-electron chi connectivity index (χ4n) is 2.53. The number of aromatic nitrogens is 4. The van der Waals surface area contributed by atoms with Crippen molar-refractivity contribution in [2.24, 2.45) is 7.05 Å². The maximum Gasteiger partial charge on any atom is 0.252 e. The van der Waals surface area contributed by atoms with Gasteiger partial charge in [-0.15, -0.1) is 0 Å². The Morgan fingerprint density at radius 2 is 2.12 bits per heavy atom. The Hall–Kier alpha value is -3.29. The molecule has 0 bridgehead atoms. The van der Waals surface area contributed by atoms with Gasteiger partial charge < -0.3 is 14.4 Å². The third-order valence-electron chi connectivity index (χ3n) is 3.88. The summed E-state index contributed by atoms with van der Waals surface area (Å²) in [7, 11) is 1.61. The molecule has 0 spiro atoms. The SMILES string of the molecule is Cc1cc(-c2cnc(C)nc2CCNC(=O)c2ccc(=O)n(C)c2)on1. The molecule has 0 aliphatic carbocycles. The first-order valence-corrected chi connectivity index (χ1v) is 8.15. The number of carbonyl (C=O) groups excluding carboxylic acids is 1. The van der Waals surface area contributed by atoms with E-state index in [1.165, 1.54) is 22.9 Å². The van der Waals surface area contributed by atoms with Gasteiger partial charge in [0.15, 0.2) is 5.76 Å². The minimum Gasteiger partial charge on any atom is -0.356 e. The fourth-order valence-corrected chi connectivity index (χ4v) is 2.53. The molecule has 134 valence electrons. The number of aryl methyl sites for hydroxylation is 3. The molecular formula is C18H19N5O3. The highest BCUT2D eigenvalue weighted by Gasteiger charge is 2.13. The maximum atomic E-state index is 12.2. The lowest BCUT2D eigenvalue weighted by Crippen LogP contribution is -2.28. The van der Waals surface area contributed by atoms with Gasteiger partial charge in [-0.2, -0.15) is 0 Å². The van der Waals surface area contributed by atoms with Crippen molar-refractivity contribution in [1.82, 2.24) is 25.0 Å². The second kappa shape index (κ2) is 7.30. The van der Waals surface area contributed by atoms with Crippen molar-refractivity contribution in [1.29, 1.82) is 0 Å². The van der Waals surface area contributed by atoms with Crippen molar-refractivity contribution in [2.45, 2.75) is 20.3 Å². The first-order valence-electron chi connectivity index (χ1n) is 8.15. The molecule has 3 aromatic rings. The molecular weight excluding hydrogens is 334 g/mol. The number of carbonyl (C=O) groups is 1. The van der Waals surface area contributed by atoms with Gasteiger partial charge in [0.25, 0.3) is 5.91 Å². The summed E-state index contributed by atoms with van der Waals surface area (Å²) in [6, 6.07) is 4.70. The largest absolute Gasteiger partial charge is 0.356 e. The van der Waals surface area contributed by atoms with Crippen LogP contribution < -0.4 is 10.9 Å².